The molecular weight excluding hydrogens is 647 g/mol. The first-order valence-corrected chi connectivity index (χ1v) is 19.4. The molecule has 5 aliphatic rings. The van der Waals surface area contributed by atoms with E-state index in [-0.39, 0.29) is 17.1 Å². The summed E-state index contributed by atoms with van der Waals surface area (Å²) in [7, 11) is 0. The molecule has 0 radical (unpaired) electrons. The zero-order valence-corrected chi connectivity index (χ0v) is 33.9. The van der Waals surface area contributed by atoms with E-state index in [4.69, 9.17) is 0 Å². The minimum Gasteiger partial charge on any atom is -0.481 e. The van der Waals surface area contributed by atoms with Crippen molar-refractivity contribution < 1.29 is 14.7 Å². The molecule has 3 N–H and O–H groups in total. The van der Waals surface area contributed by atoms with Crippen molar-refractivity contribution in [1.29, 1.82) is 0 Å². The molecule has 5 aliphatic carbocycles. The maximum Gasteiger partial charge on any atom is 0.309 e. The number of hydrogen-bond donors (Lipinski definition) is 3. The first kappa shape index (κ1) is 47.8. The molecule has 0 heterocycles. The van der Waals surface area contributed by atoms with Crippen LogP contribution >= 0.6 is 12.8 Å². The Balaban J connectivity index is 0.00000173. The van der Waals surface area contributed by atoms with E-state index >= 15 is 0 Å². The van der Waals surface area contributed by atoms with Crippen LogP contribution in [0.4, 0.5) is 0 Å². The van der Waals surface area contributed by atoms with Crippen LogP contribution in [0, 0.1) is 96.2 Å². The van der Waals surface area contributed by atoms with Gasteiger partial charge in [-0.15, -0.1) is 57.9 Å². The standard InChI is InChI=1S/C35H48O3.C3H6.C2H6.3C2H2.H3NS/c1-21(2)31(36)23-10-8-22(9-11-23)27-17-19-34(5)28-14-12-26-24(25(28)13-15-30(34)33(27,3)4)16-20-35(32(37)38)18-6-7-29(26)35;1-3-2;5*1-2/h8-11,17,21,24-26,28-30H,6-7,12-16,18-20H2,1-5H3,(H,37,38);3H,1H2,2H3;1-2H3;3*1-2H;2H,1H2/t24?,25?,26?,28?,29?,30?,34-,35+;;;;;;/m1....../s1. The molecule has 0 aliphatic heterocycles. The number of aliphatic carboxylic acids is 1. The van der Waals surface area contributed by atoms with Crippen LogP contribution in [0.3, 0.4) is 0 Å². The van der Waals surface area contributed by atoms with Crippen molar-refractivity contribution in [3.8, 4) is 38.5 Å². The number of carbonyl (C=O) groups is 2. The molecule has 0 aromatic heterocycles. The van der Waals surface area contributed by atoms with E-state index in [2.05, 4.69) is 102 Å². The van der Waals surface area contributed by atoms with Crippen molar-refractivity contribution in [2.45, 2.75) is 120 Å². The average molecular weight is 716 g/mol. The van der Waals surface area contributed by atoms with E-state index in [1.165, 1.54) is 36.8 Å². The Kier molecular flexibility index (Phi) is 20.7. The zero-order chi connectivity index (χ0) is 39.7. The Bertz CT molecular complexity index is 1320. The minimum absolute atomic E-state index is 0.0237. The highest BCUT2D eigenvalue weighted by atomic mass is 32.1. The van der Waals surface area contributed by atoms with Gasteiger partial charge in [-0.2, -0.15) is 0 Å². The molecule has 51 heavy (non-hydrogen) atoms. The summed E-state index contributed by atoms with van der Waals surface area (Å²) in [5.41, 5.74) is 3.56. The Hall–Kier alpha value is -3.17. The molecule has 4 saturated carbocycles. The van der Waals surface area contributed by atoms with Crippen LogP contribution in [-0.2, 0) is 4.79 Å². The molecule has 6 unspecified atom stereocenters. The first-order chi connectivity index (χ1) is 24.4. The molecule has 1 aromatic rings. The number of allylic oxidation sites excluding steroid dienone is 3. The van der Waals surface area contributed by atoms with E-state index in [0.29, 0.717) is 23.2 Å². The topological polar surface area (TPSA) is 80.4 Å². The summed E-state index contributed by atoms with van der Waals surface area (Å²) in [5.74, 6) is 3.72. The van der Waals surface area contributed by atoms with E-state index in [1.807, 2.05) is 46.8 Å². The second-order valence-electron chi connectivity index (χ2n) is 15.4. The van der Waals surface area contributed by atoms with Gasteiger partial charge in [0.15, 0.2) is 5.78 Å². The van der Waals surface area contributed by atoms with Gasteiger partial charge in [0.05, 0.1) is 5.41 Å². The molecule has 4 nitrogen and oxygen atoms in total. The summed E-state index contributed by atoms with van der Waals surface area (Å²) in [6.07, 6.45) is 39.8. The Morgan fingerprint density at radius 3 is 1.86 bits per heavy atom. The Labute approximate surface area is 318 Å². The predicted octanol–water partition coefficient (Wildman–Crippen LogP) is 11.4. The van der Waals surface area contributed by atoms with Crippen LogP contribution in [0.2, 0.25) is 0 Å². The number of fused-ring (bicyclic) bond motifs is 7. The van der Waals surface area contributed by atoms with Gasteiger partial charge >= 0.3 is 5.97 Å². The van der Waals surface area contributed by atoms with Crippen molar-refractivity contribution in [3.05, 3.63) is 54.1 Å². The highest BCUT2D eigenvalue weighted by Gasteiger charge is 2.63. The number of ketones is 1. The first-order valence-electron chi connectivity index (χ1n) is 18.8. The quantitative estimate of drug-likeness (QED) is 0.125. The number of Topliss-reactive ketones (excluding diaryl/α,β-unsaturated/α-hetero) is 1. The molecule has 5 heteroatoms. The van der Waals surface area contributed by atoms with Crippen molar-refractivity contribution in [1.82, 2.24) is 0 Å². The molecule has 6 rings (SSSR count). The highest BCUT2D eigenvalue weighted by Crippen LogP contribution is 2.69. The van der Waals surface area contributed by atoms with Crippen LogP contribution in [0.1, 0.15) is 136 Å². The zero-order valence-electron chi connectivity index (χ0n) is 33.0. The molecule has 0 amide bonds. The fourth-order valence-corrected chi connectivity index (χ4v) is 11.2. The normalized spacial score (nSPS) is 31.4. The van der Waals surface area contributed by atoms with E-state index in [9.17, 15) is 14.7 Å². The largest absolute Gasteiger partial charge is 0.481 e. The van der Waals surface area contributed by atoms with Crippen LogP contribution in [0.5, 0.6) is 0 Å². The third-order valence-electron chi connectivity index (χ3n) is 12.9. The number of carbonyl (C=O) groups excluding carboxylic acids is 1. The number of terminal acetylenes is 3. The van der Waals surface area contributed by atoms with Gasteiger partial charge in [0.1, 0.15) is 0 Å². The smallest absolute Gasteiger partial charge is 0.309 e. The summed E-state index contributed by atoms with van der Waals surface area (Å²) in [6, 6.07) is 8.43. The van der Waals surface area contributed by atoms with Crippen LogP contribution < -0.4 is 5.14 Å². The summed E-state index contributed by atoms with van der Waals surface area (Å²) in [6.45, 7) is 20.7. The third-order valence-corrected chi connectivity index (χ3v) is 12.9. The molecule has 0 spiro atoms. The lowest BCUT2D eigenvalue weighted by Gasteiger charge is -2.64. The number of benzene rings is 1. The second-order valence-corrected chi connectivity index (χ2v) is 15.4. The number of carboxylic acids is 1. The van der Waals surface area contributed by atoms with Crippen LogP contribution in [0.25, 0.3) is 5.57 Å². The van der Waals surface area contributed by atoms with Crippen molar-refractivity contribution in [2.24, 2.45) is 62.8 Å². The SMILES string of the molecule is C#C.C#C.C#C.C=CC.CC.CC(C)C(=O)c1ccc(C2=CC[C@]3(C)C4CCC5C(CC[C@@]6(C(=O)O)CCCC56)C4CCC3C2(C)C)cc1.NS. The van der Waals surface area contributed by atoms with Crippen molar-refractivity contribution in [2.75, 3.05) is 0 Å². The fraction of sp³-hybridized carbons (Fsp3) is 0.609. The summed E-state index contributed by atoms with van der Waals surface area (Å²) < 4.78 is 0. The molecule has 1 aromatic carbocycles. The highest BCUT2D eigenvalue weighted by molar-refractivity contribution is 7.77. The lowest BCUT2D eigenvalue weighted by molar-refractivity contribution is -0.166. The van der Waals surface area contributed by atoms with Gasteiger partial charge in [0, 0.05) is 11.5 Å². The van der Waals surface area contributed by atoms with Gasteiger partial charge in [-0.05, 0) is 122 Å². The maximum atomic E-state index is 12.5. The van der Waals surface area contributed by atoms with E-state index < -0.39 is 11.4 Å². The van der Waals surface area contributed by atoms with Crippen molar-refractivity contribution in [3.63, 3.8) is 0 Å². The second kappa shape index (κ2) is 22.0. The summed E-state index contributed by atoms with van der Waals surface area (Å²) >= 11 is 3.03. The fourth-order valence-electron chi connectivity index (χ4n) is 11.2. The number of thiol groups is 1. The third kappa shape index (κ3) is 9.44. The van der Waals surface area contributed by atoms with E-state index in [1.54, 1.807) is 6.08 Å². The van der Waals surface area contributed by atoms with Crippen LogP contribution in [-0.4, -0.2) is 16.9 Å². The molecule has 0 saturated heterocycles. The Morgan fingerprint density at radius 2 is 1.35 bits per heavy atom. The number of rotatable bonds is 4. The van der Waals surface area contributed by atoms with Gasteiger partial charge in [0.25, 0.3) is 0 Å². The monoisotopic (exact) mass is 715 g/mol. The number of nitrogens with two attached hydrogens (primary N) is 1. The maximum absolute atomic E-state index is 12.5. The van der Waals surface area contributed by atoms with Gasteiger partial charge in [0.2, 0.25) is 0 Å². The number of hydrogen-bond acceptors (Lipinski definition) is 4. The lowest BCUT2D eigenvalue weighted by Crippen LogP contribution is -2.57. The van der Waals surface area contributed by atoms with Crippen LogP contribution in [0.15, 0.2) is 43.0 Å². The van der Waals surface area contributed by atoms with Gasteiger partial charge < -0.3 is 5.11 Å². The van der Waals surface area contributed by atoms with Gasteiger partial charge in [-0.3, -0.25) is 14.7 Å². The van der Waals surface area contributed by atoms with Gasteiger partial charge in [-0.25, -0.2) is 0 Å². The predicted molar refractivity (Wildman–Crippen MR) is 223 cm³/mol. The average Bonchev–Trinajstić information content (AvgIpc) is 3.62. The summed E-state index contributed by atoms with van der Waals surface area (Å²) in [5, 5.41) is 14.4. The van der Waals surface area contributed by atoms with Gasteiger partial charge in [-0.1, -0.05) is 91.3 Å². The van der Waals surface area contributed by atoms with Crippen molar-refractivity contribution >= 4 is 30.1 Å². The minimum atomic E-state index is -0.496. The molecule has 4 fully saturated rings. The molecule has 8 atom stereocenters. The Morgan fingerprint density at radius 1 is 0.843 bits per heavy atom. The van der Waals surface area contributed by atoms with E-state index in [0.717, 1.165) is 61.8 Å². The molecule has 0 bridgehead atoms. The molecule has 282 valence electrons. The lowest BCUT2D eigenvalue weighted by atomic mass is 9.40. The summed E-state index contributed by atoms with van der Waals surface area (Å²) in [4.78, 5) is 24.9. The number of carboxylic acid groups (broad SMARTS) is 1. The molecular formula is C46H69NO3S.